The van der Waals surface area contributed by atoms with Gasteiger partial charge >= 0.3 is 59.5 Å². The third-order valence-electron chi connectivity index (χ3n) is 4.97. The van der Waals surface area contributed by atoms with Crippen molar-refractivity contribution in [1.82, 2.24) is 0 Å². The molecular weight excluding hydrogens is 651 g/mol. The zero-order chi connectivity index (χ0) is 33.7. The first-order valence-corrected chi connectivity index (χ1v) is 10.0. The van der Waals surface area contributed by atoms with Crippen molar-refractivity contribution in [2.75, 3.05) is 13.2 Å². The van der Waals surface area contributed by atoms with Crippen LogP contribution in [0.15, 0.2) is 0 Å². The molecule has 0 saturated carbocycles. The number of ether oxygens (including phenoxy) is 3. The van der Waals surface area contributed by atoms with Crippen molar-refractivity contribution in [3.05, 3.63) is 0 Å². The van der Waals surface area contributed by atoms with Gasteiger partial charge in [0.05, 0.1) is 0 Å². The van der Waals surface area contributed by atoms with E-state index in [0.717, 1.165) is 13.8 Å². The highest BCUT2D eigenvalue weighted by atomic mass is 19.4. The van der Waals surface area contributed by atoms with E-state index in [-0.39, 0.29) is 6.92 Å². The highest BCUT2D eigenvalue weighted by Crippen LogP contribution is 2.66. The molecule has 0 saturated heterocycles. The van der Waals surface area contributed by atoms with Crippen LogP contribution < -0.4 is 0 Å². The minimum atomic E-state index is -9.21. The van der Waals surface area contributed by atoms with Crippen molar-refractivity contribution in [2.24, 2.45) is 0 Å². The van der Waals surface area contributed by atoms with Crippen molar-refractivity contribution >= 4 is 0 Å². The Kier molecular flexibility index (Phi) is 10.7. The van der Waals surface area contributed by atoms with E-state index < -0.39 is 85.3 Å². The van der Waals surface area contributed by atoms with Gasteiger partial charge in [0.2, 0.25) is 0 Å². The molecule has 0 N–H and O–H groups in total. The van der Waals surface area contributed by atoms with Crippen LogP contribution in [0.5, 0.6) is 0 Å². The Morgan fingerprint density at radius 3 is 0.902 bits per heavy atom. The largest absolute Gasteiger partial charge is 0.460 e. The fraction of sp³-hybridized carbons (Fsp3) is 1.00. The summed E-state index contributed by atoms with van der Waals surface area (Å²) in [7, 11) is 0. The summed E-state index contributed by atoms with van der Waals surface area (Å²) in [4.78, 5) is 0. The zero-order valence-corrected chi connectivity index (χ0v) is 19.7. The van der Waals surface area contributed by atoms with E-state index in [9.17, 15) is 92.2 Å². The van der Waals surface area contributed by atoms with E-state index in [1.807, 2.05) is 0 Å². The molecule has 0 aromatic carbocycles. The van der Waals surface area contributed by atoms with Crippen molar-refractivity contribution < 1.29 is 106 Å². The van der Waals surface area contributed by atoms with Crippen molar-refractivity contribution in [3.63, 3.8) is 0 Å². The molecule has 0 aliphatic heterocycles. The van der Waals surface area contributed by atoms with Crippen molar-refractivity contribution in [2.45, 2.75) is 92.8 Å². The summed E-state index contributed by atoms with van der Waals surface area (Å²) < 4.78 is 294. The van der Waals surface area contributed by atoms with E-state index in [0.29, 0.717) is 0 Å². The van der Waals surface area contributed by atoms with Crippen LogP contribution in [0.4, 0.5) is 92.2 Å². The number of alkyl halides is 21. The van der Waals surface area contributed by atoms with Gasteiger partial charge in [0.1, 0.15) is 6.10 Å². The van der Waals surface area contributed by atoms with Crippen LogP contribution in [0.3, 0.4) is 0 Å². The number of rotatable bonds is 15. The van der Waals surface area contributed by atoms with Gasteiger partial charge < -0.3 is 14.2 Å². The molecule has 0 rings (SSSR count). The first kappa shape index (κ1) is 39.4. The fourth-order valence-corrected chi connectivity index (χ4v) is 2.48. The third kappa shape index (κ3) is 5.59. The van der Waals surface area contributed by atoms with Gasteiger partial charge in [-0.2, -0.15) is 92.2 Å². The molecule has 0 spiro atoms. The highest BCUT2D eigenvalue weighted by Gasteiger charge is 2.98. The summed E-state index contributed by atoms with van der Waals surface area (Å²) in [6.45, 7) is -1.94. The second-order valence-electron chi connectivity index (χ2n) is 7.69. The standard InChI is InChI=1S/C17H15F21O3/c1-4-39-7(40-5-2)41-6(3)8(18,19)9(20,21)10(22,23)11(24,25)12(26,27)13(28,29)14(30,31)15(32,33)16(34,35)17(36,37)38/h6-7H,4-5H2,1-3H3/t6-/m1/s1. The summed E-state index contributed by atoms with van der Waals surface area (Å²) in [5.41, 5.74) is 0. The minimum absolute atomic E-state index is 0.367. The van der Waals surface area contributed by atoms with Crippen molar-refractivity contribution in [3.8, 4) is 0 Å². The van der Waals surface area contributed by atoms with Crippen LogP contribution in [0.1, 0.15) is 20.8 Å². The van der Waals surface area contributed by atoms with Gasteiger partial charge in [0, 0.05) is 13.2 Å². The minimum Gasteiger partial charge on any atom is -0.330 e. The van der Waals surface area contributed by atoms with E-state index in [1.165, 1.54) is 0 Å². The Morgan fingerprint density at radius 1 is 0.415 bits per heavy atom. The number of halogens is 21. The molecule has 0 aromatic rings. The van der Waals surface area contributed by atoms with E-state index >= 15 is 0 Å². The molecule has 0 aromatic heterocycles. The van der Waals surface area contributed by atoms with Crippen molar-refractivity contribution in [1.29, 1.82) is 0 Å². The lowest BCUT2D eigenvalue weighted by atomic mass is 9.85. The molecule has 0 aliphatic carbocycles. The normalized spacial score (nSPS) is 16.9. The highest BCUT2D eigenvalue weighted by molar-refractivity contribution is 5.18. The maximum Gasteiger partial charge on any atom is 0.460 e. The lowest BCUT2D eigenvalue weighted by Crippen LogP contribution is -2.77. The molecule has 0 radical (unpaired) electrons. The Labute approximate surface area is 213 Å². The predicted molar refractivity (Wildman–Crippen MR) is 88.2 cm³/mol. The molecule has 0 amide bonds. The van der Waals surface area contributed by atoms with Gasteiger partial charge in [-0.3, -0.25) is 0 Å². The quantitative estimate of drug-likeness (QED) is 0.131. The summed E-state index contributed by atoms with van der Waals surface area (Å²) in [5, 5.41) is 0. The summed E-state index contributed by atoms with van der Waals surface area (Å²) in [6.07, 6.45) is -11.9. The molecule has 0 bridgehead atoms. The van der Waals surface area contributed by atoms with E-state index in [1.54, 1.807) is 0 Å². The molecule has 24 heteroatoms. The number of hydrogen-bond acceptors (Lipinski definition) is 3. The van der Waals surface area contributed by atoms with E-state index in [4.69, 9.17) is 0 Å². The molecule has 3 nitrogen and oxygen atoms in total. The van der Waals surface area contributed by atoms with Crippen LogP contribution in [0.2, 0.25) is 0 Å². The topological polar surface area (TPSA) is 27.7 Å². The van der Waals surface area contributed by atoms with Crippen LogP contribution in [0, 0.1) is 0 Å². The molecule has 0 fully saturated rings. The van der Waals surface area contributed by atoms with Gasteiger partial charge in [-0.1, -0.05) is 0 Å². The summed E-state index contributed by atoms with van der Waals surface area (Å²) in [6, 6.07) is 0. The summed E-state index contributed by atoms with van der Waals surface area (Å²) in [5.74, 6) is -77.7. The average molecular weight is 666 g/mol. The van der Waals surface area contributed by atoms with Crippen LogP contribution >= 0.6 is 0 Å². The lowest BCUT2D eigenvalue weighted by Gasteiger charge is -2.45. The maximum absolute atomic E-state index is 14.1. The molecule has 0 unspecified atom stereocenters. The van der Waals surface area contributed by atoms with Gasteiger partial charge in [-0.05, 0) is 20.8 Å². The molecular formula is C17H15F21O3. The second-order valence-corrected chi connectivity index (χ2v) is 7.69. The Morgan fingerprint density at radius 2 is 0.659 bits per heavy atom. The number of hydrogen-bond donors (Lipinski definition) is 0. The van der Waals surface area contributed by atoms with Crippen LogP contribution in [-0.4, -0.2) is 85.3 Å². The molecule has 0 aliphatic rings. The smallest absolute Gasteiger partial charge is 0.330 e. The fourth-order valence-electron chi connectivity index (χ4n) is 2.48. The average Bonchev–Trinajstić information content (AvgIpc) is 2.77. The first-order valence-electron chi connectivity index (χ1n) is 10.0. The first-order chi connectivity index (χ1) is 17.7. The van der Waals surface area contributed by atoms with E-state index in [2.05, 4.69) is 14.2 Å². The molecule has 0 heterocycles. The summed E-state index contributed by atoms with van der Waals surface area (Å²) >= 11 is 0. The molecule has 41 heavy (non-hydrogen) atoms. The Hall–Kier alpha value is -1.59. The SMILES string of the molecule is CCOC(OCC)O[C@H](C)C(F)(F)C(F)(F)C(F)(F)C(F)(F)C(F)(F)C(F)(F)C(F)(F)C(F)(F)C(F)(F)C(F)(F)F. The van der Waals surface area contributed by atoms with Gasteiger partial charge in [0.15, 0.2) is 0 Å². The maximum atomic E-state index is 14.1. The van der Waals surface area contributed by atoms with Gasteiger partial charge in [-0.15, -0.1) is 0 Å². The zero-order valence-electron chi connectivity index (χ0n) is 19.7. The lowest BCUT2D eigenvalue weighted by molar-refractivity contribution is -0.476. The monoisotopic (exact) mass is 666 g/mol. The predicted octanol–water partition coefficient (Wildman–Crippen LogP) is 8.03. The molecule has 1 atom stereocenters. The van der Waals surface area contributed by atoms with Crippen LogP contribution in [-0.2, 0) is 14.2 Å². The van der Waals surface area contributed by atoms with Crippen LogP contribution in [0.25, 0.3) is 0 Å². The van der Waals surface area contributed by atoms with Gasteiger partial charge in [0.25, 0.3) is 6.48 Å². The second kappa shape index (κ2) is 11.2. The Balaban J connectivity index is 6.95. The Bertz CT molecular complexity index is 875. The molecule has 248 valence electrons. The third-order valence-corrected chi connectivity index (χ3v) is 4.97. The van der Waals surface area contributed by atoms with Gasteiger partial charge in [-0.25, -0.2) is 0 Å².